The third-order valence-corrected chi connectivity index (χ3v) is 3.80. The van der Waals surface area contributed by atoms with Crippen LogP contribution in [0.5, 0.6) is 0 Å². The highest BCUT2D eigenvalue weighted by Crippen LogP contribution is 2.25. The van der Waals surface area contributed by atoms with Gasteiger partial charge in [-0.1, -0.05) is 11.3 Å². The van der Waals surface area contributed by atoms with Crippen LogP contribution in [0.15, 0.2) is 0 Å². The third kappa shape index (κ3) is 4.55. The van der Waals surface area contributed by atoms with E-state index in [1.165, 1.54) is 18.3 Å². The molecule has 2 amide bonds. The molecule has 9 heteroatoms. The van der Waals surface area contributed by atoms with Crippen molar-refractivity contribution in [1.82, 2.24) is 15.1 Å². The van der Waals surface area contributed by atoms with Gasteiger partial charge in [0.25, 0.3) is 0 Å². The SMILES string of the molecule is CC(=O)Nc1nnc(N2CCN(C(=O)OC(C)(C)C)CC2)s1. The highest BCUT2D eigenvalue weighted by atomic mass is 32.1. The summed E-state index contributed by atoms with van der Waals surface area (Å²) in [6.45, 7) is 9.46. The van der Waals surface area contributed by atoms with Crippen LogP contribution in [0, 0.1) is 0 Å². The van der Waals surface area contributed by atoms with E-state index >= 15 is 0 Å². The van der Waals surface area contributed by atoms with E-state index < -0.39 is 5.60 Å². The molecule has 1 fully saturated rings. The second-order valence-electron chi connectivity index (χ2n) is 6.03. The number of nitrogens with zero attached hydrogens (tertiary/aromatic N) is 4. The molecule has 0 unspecified atom stereocenters. The average molecular weight is 327 g/mol. The number of hydrogen-bond acceptors (Lipinski definition) is 7. The summed E-state index contributed by atoms with van der Waals surface area (Å²) in [7, 11) is 0. The number of rotatable bonds is 2. The summed E-state index contributed by atoms with van der Waals surface area (Å²) in [6, 6.07) is 0. The minimum absolute atomic E-state index is 0.169. The summed E-state index contributed by atoms with van der Waals surface area (Å²) < 4.78 is 5.36. The fraction of sp³-hybridized carbons (Fsp3) is 0.692. The molecule has 0 aromatic carbocycles. The van der Waals surface area contributed by atoms with Crippen LogP contribution in [0.4, 0.5) is 15.1 Å². The molecular weight excluding hydrogens is 306 g/mol. The molecule has 122 valence electrons. The smallest absolute Gasteiger partial charge is 0.410 e. The minimum Gasteiger partial charge on any atom is -0.444 e. The first-order valence-corrected chi connectivity index (χ1v) is 7.90. The summed E-state index contributed by atoms with van der Waals surface area (Å²) >= 11 is 1.32. The topological polar surface area (TPSA) is 87.7 Å². The van der Waals surface area contributed by atoms with Crippen molar-refractivity contribution in [2.24, 2.45) is 0 Å². The minimum atomic E-state index is -0.485. The summed E-state index contributed by atoms with van der Waals surface area (Å²) in [6.07, 6.45) is -0.289. The monoisotopic (exact) mass is 327 g/mol. The van der Waals surface area contributed by atoms with Gasteiger partial charge in [-0.15, -0.1) is 10.2 Å². The van der Waals surface area contributed by atoms with Gasteiger partial charge in [-0.3, -0.25) is 4.79 Å². The number of anilines is 2. The van der Waals surface area contributed by atoms with E-state index in [9.17, 15) is 9.59 Å². The summed E-state index contributed by atoms with van der Waals surface area (Å²) in [5.74, 6) is -0.169. The van der Waals surface area contributed by atoms with Crippen LogP contribution in [0.25, 0.3) is 0 Å². The van der Waals surface area contributed by atoms with Crippen molar-refractivity contribution in [1.29, 1.82) is 0 Å². The van der Waals surface area contributed by atoms with Gasteiger partial charge in [-0.25, -0.2) is 4.79 Å². The Hall–Kier alpha value is -1.90. The van der Waals surface area contributed by atoms with Crippen LogP contribution < -0.4 is 10.2 Å². The lowest BCUT2D eigenvalue weighted by atomic mass is 10.2. The van der Waals surface area contributed by atoms with Crippen LogP contribution in [-0.2, 0) is 9.53 Å². The Bertz CT molecular complexity index is 546. The van der Waals surface area contributed by atoms with E-state index in [1.807, 2.05) is 25.7 Å². The number of piperazine rings is 1. The van der Waals surface area contributed by atoms with Crippen molar-refractivity contribution in [3.05, 3.63) is 0 Å². The number of aromatic nitrogens is 2. The largest absolute Gasteiger partial charge is 0.444 e. The predicted octanol–water partition coefficient (Wildman–Crippen LogP) is 1.55. The van der Waals surface area contributed by atoms with Crippen molar-refractivity contribution in [3.63, 3.8) is 0 Å². The van der Waals surface area contributed by atoms with Gasteiger partial charge < -0.3 is 19.9 Å². The van der Waals surface area contributed by atoms with Gasteiger partial charge in [-0.2, -0.15) is 0 Å². The lowest BCUT2D eigenvalue weighted by Crippen LogP contribution is -2.50. The quantitative estimate of drug-likeness (QED) is 0.887. The molecule has 2 rings (SSSR count). The van der Waals surface area contributed by atoms with Crippen molar-refractivity contribution < 1.29 is 14.3 Å². The van der Waals surface area contributed by atoms with Crippen LogP contribution in [-0.4, -0.2) is 58.9 Å². The van der Waals surface area contributed by atoms with Gasteiger partial charge in [0.15, 0.2) is 0 Å². The lowest BCUT2D eigenvalue weighted by molar-refractivity contribution is -0.114. The molecule has 1 aromatic heterocycles. The standard InChI is InChI=1S/C13H21N5O3S/c1-9(19)14-10-15-16-11(22-10)17-5-7-18(8-6-17)12(20)21-13(2,3)4/h5-8H2,1-4H3,(H,14,15,19). The van der Waals surface area contributed by atoms with E-state index in [4.69, 9.17) is 4.74 Å². The first-order chi connectivity index (χ1) is 10.2. The van der Waals surface area contributed by atoms with Crippen LogP contribution >= 0.6 is 11.3 Å². The number of carbonyl (C=O) groups is 2. The summed E-state index contributed by atoms with van der Waals surface area (Å²) in [5.41, 5.74) is -0.485. The van der Waals surface area contributed by atoms with E-state index in [0.29, 0.717) is 31.3 Å². The zero-order valence-electron chi connectivity index (χ0n) is 13.3. The molecule has 0 bridgehead atoms. The number of ether oxygens (including phenoxy) is 1. The van der Waals surface area contributed by atoms with Gasteiger partial charge in [0.2, 0.25) is 16.2 Å². The van der Waals surface area contributed by atoms with Gasteiger partial charge >= 0.3 is 6.09 Å². The second-order valence-corrected chi connectivity index (χ2v) is 6.98. The number of nitrogens with one attached hydrogen (secondary N) is 1. The lowest BCUT2D eigenvalue weighted by Gasteiger charge is -2.35. The molecule has 1 aliphatic rings. The number of hydrogen-bond donors (Lipinski definition) is 1. The number of amides is 2. The normalized spacial score (nSPS) is 15.6. The molecular formula is C13H21N5O3S. The fourth-order valence-electron chi connectivity index (χ4n) is 1.95. The van der Waals surface area contributed by atoms with E-state index in [-0.39, 0.29) is 12.0 Å². The molecule has 0 radical (unpaired) electrons. The Labute approximate surface area is 133 Å². The maximum atomic E-state index is 12.0. The van der Waals surface area contributed by atoms with Crippen molar-refractivity contribution in [3.8, 4) is 0 Å². The molecule has 2 heterocycles. The van der Waals surface area contributed by atoms with E-state index in [1.54, 1.807) is 4.90 Å². The summed E-state index contributed by atoms with van der Waals surface area (Å²) in [5, 5.41) is 11.8. The molecule has 1 aliphatic heterocycles. The molecule has 1 saturated heterocycles. The Morgan fingerprint density at radius 2 is 1.82 bits per heavy atom. The number of carbonyl (C=O) groups excluding carboxylic acids is 2. The Balaban J connectivity index is 1.88. The van der Waals surface area contributed by atoms with E-state index in [2.05, 4.69) is 15.5 Å². The molecule has 1 N–H and O–H groups in total. The molecule has 0 aliphatic carbocycles. The average Bonchev–Trinajstić information content (AvgIpc) is 2.84. The van der Waals surface area contributed by atoms with Crippen molar-refractivity contribution >= 4 is 33.6 Å². The fourth-order valence-corrected chi connectivity index (χ4v) is 2.79. The maximum absolute atomic E-state index is 12.0. The van der Waals surface area contributed by atoms with Crippen LogP contribution in [0.1, 0.15) is 27.7 Å². The zero-order chi connectivity index (χ0) is 16.3. The first-order valence-electron chi connectivity index (χ1n) is 7.08. The van der Waals surface area contributed by atoms with Crippen molar-refractivity contribution in [2.45, 2.75) is 33.3 Å². The highest BCUT2D eigenvalue weighted by molar-refractivity contribution is 7.19. The molecule has 22 heavy (non-hydrogen) atoms. The van der Waals surface area contributed by atoms with Gasteiger partial charge in [-0.05, 0) is 20.8 Å². The van der Waals surface area contributed by atoms with Gasteiger partial charge in [0, 0.05) is 33.1 Å². The molecule has 8 nitrogen and oxygen atoms in total. The Morgan fingerprint density at radius 3 is 2.36 bits per heavy atom. The predicted molar refractivity (Wildman–Crippen MR) is 84.2 cm³/mol. The maximum Gasteiger partial charge on any atom is 0.410 e. The van der Waals surface area contributed by atoms with Crippen molar-refractivity contribution in [2.75, 3.05) is 36.4 Å². The second kappa shape index (κ2) is 6.47. The highest BCUT2D eigenvalue weighted by Gasteiger charge is 2.27. The molecule has 1 aromatic rings. The van der Waals surface area contributed by atoms with Crippen LogP contribution in [0.3, 0.4) is 0 Å². The zero-order valence-corrected chi connectivity index (χ0v) is 14.1. The Morgan fingerprint density at radius 1 is 1.18 bits per heavy atom. The Kier molecular flexibility index (Phi) is 4.84. The third-order valence-electron chi connectivity index (χ3n) is 2.90. The molecule has 0 spiro atoms. The van der Waals surface area contributed by atoms with Crippen LogP contribution in [0.2, 0.25) is 0 Å². The van der Waals surface area contributed by atoms with E-state index in [0.717, 1.165) is 5.13 Å². The first kappa shape index (κ1) is 16.5. The molecule has 0 saturated carbocycles. The van der Waals surface area contributed by atoms with Gasteiger partial charge in [0.1, 0.15) is 5.60 Å². The molecule has 0 atom stereocenters. The van der Waals surface area contributed by atoms with Gasteiger partial charge in [0.05, 0.1) is 0 Å². The summed E-state index contributed by atoms with van der Waals surface area (Å²) in [4.78, 5) is 26.7.